The molecule has 0 aromatic heterocycles. The van der Waals surface area contributed by atoms with Crippen LogP contribution in [0.25, 0.3) is 0 Å². The third-order valence-corrected chi connectivity index (χ3v) is 0. The Morgan fingerprint density at radius 2 is 1.00 bits per heavy atom. The van der Waals surface area contributed by atoms with E-state index in [0.29, 0.717) is 0 Å². The van der Waals surface area contributed by atoms with Gasteiger partial charge in [-0.15, -0.1) is 0 Å². The zero-order chi connectivity index (χ0) is 3.58. The van der Waals surface area contributed by atoms with Gasteiger partial charge in [0.25, 0.3) is 0 Å². The van der Waals surface area contributed by atoms with Gasteiger partial charge in [0.1, 0.15) is 0 Å². The van der Waals surface area contributed by atoms with Crippen LogP contribution in [0, 0.1) is 28.1 Å². The summed E-state index contributed by atoms with van der Waals surface area (Å²) in [6.07, 6.45) is 14.9. The third kappa shape index (κ3) is 8.91. The summed E-state index contributed by atoms with van der Waals surface area (Å²) in [4.78, 5) is 0. The zero-order valence-electron chi connectivity index (χ0n) is 1.47. The van der Waals surface area contributed by atoms with Crippen LogP contribution in [-0.4, -0.2) is 0 Å². The molecule has 0 spiro atoms. The van der Waals surface area contributed by atoms with E-state index in [1.807, 2.05) is 0 Å². The topological polar surface area (TPSA) is 0 Å². The van der Waals surface area contributed by atoms with Crippen molar-refractivity contribution in [3.05, 3.63) is 0 Å². The first-order valence-corrected chi connectivity index (χ1v) is 8.41. The molecule has 0 nitrogen and oxygen atoms in total. The Labute approximate surface area is 45.7 Å². The second-order valence-corrected chi connectivity index (χ2v) is 9.54. The Morgan fingerprint density at radius 1 is 1.00 bits per heavy atom. The molecule has 30 valence electrons. The Hall–Kier alpha value is 2.16. The normalized spacial score (nSPS) is 11.2. The molecular weight excluding hydrogens is 265 g/mol. The van der Waals surface area contributed by atoms with Crippen LogP contribution in [0.5, 0.6) is 0 Å². The molecule has 4 heavy (non-hydrogen) atoms. The van der Waals surface area contributed by atoms with Gasteiger partial charge in [0, 0.05) is 0 Å². The van der Waals surface area contributed by atoms with Gasteiger partial charge in [0.05, 0.1) is 0 Å². The van der Waals surface area contributed by atoms with Gasteiger partial charge in [-0.1, -0.05) is 0 Å². The number of hydrogen-bond acceptors (Lipinski definition) is 0. The molecule has 0 aromatic carbocycles. The van der Waals surface area contributed by atoms with Crippen molar-refractivity contribution in [1.82, 2.24) is 0 Å². The van der Waals surface area contributed by atoms with E-state index in [4.69, 9.17) is 18.7 Å². The van der Waals surface area contributed by atoms with Crippen LogP contribution in [0.2, 0.25) is 0 Å². The fourth-order valence-electron chi connectivity index (χ4n) is 0. The Balaban J connectivity index is 2.32. The molecule has 0 N–H and O–H groups in total. The minimum absolute atomic E-state index is 1.92. The first kappa shape index (κ1) is 6.16. The summed E-state index contributed by atoms with van der Waals surface area (Å²) in [5.41, 5.74) is 0. The standard InChI is InChI=1S/3ClH.Tb/h3*1H;/q;;;+3/p-3. The van der Waals surface area contributed by atoms with E-state index in [1.165, 1.54) is 0 Å². The van der Waals surface area contributed by atoms with Crippen molar-refractivity contribution in [2.75, 3.05) is 0 Å². The molecule has 0 rings (SSSR count). The molecule has 0 aliphatic heterocycles. The van der Waals surface area contributed by atoms with Crippen molar-refractivity contribution < 1.29 is 28.1 Å². The van der Waals surface area contributed by atoms with Crippen LogP contribution in [0.15, 0.2) is 0 Å². The summed E-state index contributed by atoms with van der Waals surface area (Å²) in [5.74, 6) is 0. The van der Waals surface area contributed by atoms with E-state index < -0.39 is 28.1 Å². The fraction of sp³-hybridized carbons (Fsp3) is 0. The molecule has 0 saturated heterocycles. The first-order valence-electron chi connectivity index (χ1n) is 0.378. The van der Waals surface area contributed by atoms with Crippen molar-refractivity contribution in [1.29, 1.82) is 0 Å². The average molecular weight is 265 g/mol. The SMILES string of the molecule is [Cl][Tb]([Cl])[Cl]. The molecule has 0 atom stereocenters. The van der Waals surface area contributed by atoms with Gasteiger partial charge in [-0.05, 0) is 0 Å². The van der Waals surface area contributed by atoms with Crippen molar-refractivity contribution in [3.63, 3.8) is 0 Å². The average Bonchev–Trinajstić information content (AvgIpc) is 0.811. The van der Waals surface area contributed by atoms with E-state index in [0.717, 1.165) is 0 Å². The molecule has 0 heterocycles. The van der Waals surface area contributed by atoms with Gasteiger partial charge < -0.3 is 0 Å². The van der Waals surface area contributed by atoms with Gasteiger partial charge in [-0.3, -0.25) is 0 Å². The maximum atomic E-state index is 4.97. The van der Waals surface area contributed by atoms with Crippen molar-refractivity contribution in [2.45, 2.75) is 0 Å². The molecule has 0 bridgehead atoms. The molecule has 0 aromatic rings. The van der Waals surface area contributed by atoms with Gasteiger partial charge in [0.2, 0.25) is 0 Å². The molecule has 0 aliphatic carbocycles. The van der Waals surface area contributed by atoms with E-state index in [9.17, 15) is 0 Å². The first-order chi connectivity index (χ1) is 1.73. The monoisotopic (exact) mass is 264 g/mol. The maximum absolute atomic E-state index is 4.97. The Kier molecular flexibility index (Phi) is 5.15. The predicted octanol–water partition coefficient (Wildman–Crippen LogP) is 2.07. The second kappa shape index (κ2) is 3.35. The number of hydrogen-bond donors (Lipinski definition) is 0. The van der Waals surface area contributed by atoms with Gasteiger partial charge >= 0.3 is 46.8 Å². The van der Waals surface area contributed by atoms with Crippen LogP contribution in [-0.2, 0) is 0 Å². The Morgan fingerprint density at radius 3 is 1.00 bits per heavy atom. The van der Waals surface area contributed by atoms with Crippen molar-refractivity contribution in [3.8, 4) is 0 Å². The van der Waals surface area contributed by atoms with Crippen LogP contribution in [0.1, 0.15) is 0 Å². The predicted molar refractivity (Wildman–Crippen MR) is 17.6 cm³/mol. The Bertz CT molecular complexity index is 8.00. The molecule has 0 fully saturated rings. The molecule has 0 amide bonds. The molecule has 0 aliphatic rings. The van der Waals surface area contributed by atoms with E-state index in [-0.39, 0.29) is 0 Å². The molecule has 0 unspecified atom stereocenters. The van der Waals surface area contributed by atoms with Crippen LogP contribution < -0.4 is 0 Å². The molecular formula is Cl3Tb. The van der Waals surface area contributed by atoms with E-state index in [1.54, 1.807) is 0 Å². The van der Waals surface area contributed by atoms with Gasteiger partial charge in [-0.25, -0.2) is 0 Å². The minimum atomic E-state index is -1.92. The van der Waals surface area contributed by atoms with E-state index >= 15 is 0 Å². The summed E-state index contributed by atoms with van der Waals surface area (Å²) in [6.45, 7) is 0. The molecule has 0 saturated carbocycles. The number of rotatable bonds is 0. The second-order valence-electron chi connectivity index (χ2n) is 0.143. The van der Waals surface area contributed by atoms with Gasteiger partial charge in [-0.2, -0.15) is 0 Å². The fourth-order valence-corrected chi connectivity index (χ4v) is 0. The molecule has 0 radical (unpaired) electrons. The summed E-state index contributed by atoms with van der Waals surface area (Å²) >= 11 is -1.92. The summed E-state index contributed by atoms with van der Waals surface area (Å²) in [5, 5.41) is 0. The van der Waals surface area contributed by atoms with Crippen LogP contribution in [0.4, 0.5) is 0 Å². The third-order valence-electron chi connectivity index (χ3n) is 0. The summed E-state index contributed by atoms with van der Waals surface area (Å²) < 4.78 is 0. The van der Waals surface area contributed by atoms with Gasteiger partial charge in [0.15, 0.2) is 0 Å². The van der Waals surface area contributed by atoms with Crippen LogP contribution >= 0.6 is 18.7 Å². The van der Waals surface area contributed by atoms with Crippen LogP contribution in [0.3, 0.4) is 0 Å². The van der Waals surface area contributed by atoms with Crippen molar-refractivity contribution >= 4 is 18.7 Å². The molecule has 4 heteroatoms. The number of halogens is 3. The van der Waals surface area contributed by atoms with E-state index in [2.05, 4.69) is 0 Å². The zero-order valence-corrected chi connectivity index (χ0v) is 5.87. The summed E-state index contributed by atoms with van der Waals surface area (Å²) in [6, 6.07) is 0. The quantitative estimate of drug-likeness (QED) is 0.629. The van der Waals surface area contributed by atoms with Crippen molar-refractivity contribution in [2.24, 2.45) is 0 Å². The summed E-state index contributed by atoms with van der Waals surface area (Å²) in [7, 11) is 0.